The van der Waals surface area contributed by atoms with E-state index >= 15 is 0 Å². The predicted molar refractivity (Wildman–Crippen MR) is 557 cm³/mol. The zero-order valence-corrected chi connectivity index (χ0v) is 87.7. The first-order chi connectivity index (χ1) is 69.6. The lowest BCUT2D eigenvalue weighted by Crippen LogP contribution is -2.47. The van der Waals surface area contributed by atoms with Gasteiger partial charge in [-0.15, -0.1) is 0 Å². The maximum atomic E-state index is 12.3. The van der Waals surface area contributed by atoms with Crippen molar-refractivity contribution in [3.8, 4) is 0 Å². The molecule has 0 saturated carbocycles. The number of hydrogen-bond acceptors (Lipinski definition) is 36. The molecule has 53 heteroatoms. The van der Waals surface area contributed by atoms with Crippen molar-refractivity contribution in [1.29, 1.82) is 0 Å². The summed E-state index contributed by atoms with van der Waals surface area (Å²) in [6.45, 7) is 15.6. The molecule has 0 aliphatic carbocycles. The predicted octanol–water partition coefficient (Wildman–Crippen LogP) is 8.06. The number of anilines is 16. The van der Waals surface area contributed by atoms with E-state index in [-0.39, 0.29) is 85.5 Å². The Kier molecular flexibility index (Phi) is 42.8. The molecule has 784 valence electrons. The van der Waals surface area contributed by atoms with Gasteiger partial charge in [-0.2, -0.15) is 19.9 Å². The Balaban J connectivity index is 0.000000218. The summed E-state index contributed by atoms with van der Waals surface area (Å²) in [6.07, 6.45) is 8.45. The lowest BCUT2D eigenvalue weighted by Gasteiger charge is -2.28. The van der Waals surface area contributed by atoms with Crippen LogP contribution in [0.15, 0.2) is 140 Å². The summed E-state index contributed by atoms with van der Waals surface area (Å²) in [5.74, 6) is -4.14. The maximum Gasteiger partial charge on any atom is 0.306 e. The van der Waals surface area contributed by atoms with E-state index in [9.17, 15) is 81.5 Å². The second-order valence-corrected chi connectivity index (χ2v) is 38.7. The average molecular weight is 2290 g/mol. The van der Waals surface area contributed by atoms with Crippen LogP contribution in [0.1, 0.15) is 139 Å². The van der Waals surface area contributed by atoms with Crippen LogP contribution in [0.3, 0.4) is 0 Å². The minimum Gasteiger partial charge on any atom is -0.452 e. The number of likely N-dealkylation sites (tertiary alicyclic amines) is 1. The molecule has 0 bridgehead atoms. The zero-order chi connectivity index (χ0) is 107. The number of esters is 3. The second kappa shape index (κ2) is 54.6. The molecule has 0 radical (unpaired) electrons. The summed E-state index contributed by atoms with van der Waals surface area (Å²) in [4.78, 5) is 236. The quantitative estimate of drug-likeness (QED) is 0.00563. The second-order valence-electron chi connectivity index (χ2n) is 35.2. The minimum atomic E-state index is -1.28. The summed E-state index contributed by atoms with van der Waals surface area (Å²) >= 11 is 13.6. The van der Waals surface area contributed by atoms with Crippen LogP contribution in [-0.2, 0) is 95.7 Å². The number of carbonyl (C=O) groups is 17. The van der Waals surface area contributed by atoms with Gasteiger partial charge in [0.25, 0.3) is 17.7 Å². The molecule has 4 saturated heterocycles. The third-order valence-electron chi connectivity index (χ3n) is 22.2. The number of benzene rings is 4. The van der Waals surface area contributed by atoms with Crippen LogP contribution >= 0.6 is 63.7 Å². The van der Waals surface area contributed by atoms with E-state index < -0.39 is 87.2 Å². The number of nitrogens with one attached hydrogen (secondary N) is 16. The van der Waals surface area contributed by atoms with Crippen LogP contribution in [0, 0.1) is 21.7 Å². The Morgan fingerprint density at radius 2 is 0.592 bits per heavy atom. The van der Waals surface area contributed by atoms with Gasteiger partial charge < -0.3 is 122 Å². The number of hydrogen-bond donors (Lipinski definition) is 20. The maximum absolute atomic E-state index is 12.3. The number of aromatic nitrogens is 8. The van der Waals surface area contributed by atoms with Crippen molar-refractivity contribution in [1.82, 2.24) is 66.0 Å². The number of amides is 14. The number of rotatable bonds is 46. The smallest absolute Gasteiger partial charge is 0.306 e. The summed E-state index contributed by atoms with van der Waals surface area (Å²) in [5, 5.41) is 46.8. The van der Waals surface area contributed by atoms with Crippen molar-refractivity contribution in [3.05, 3.63) is 140 Å². The van der Waals surface area contributed by atoms with Crippen LogP contribution in [0.25, 0.3) is 0 Å². The number of carbonyl (C=O) groups excluding carboxylic acids is 17. The Bertz CT molecular complexity index is 5770. The van der Waals surface area contributed by atoms with Gasteiger partial charge in [0.15, 0.2) is 18.3 Å². The standard InChI is InChI=1S/C25H31BrN8O5.3C23H28BrN7O5/c1-25(2,22(27)38)23(39)29-11-4-10-28-21-17(26)14-30-24(33-21)32-16-6-3-5-15(13-16)31-18(35)7-8-19(36)34-12-9-20(34)37;3*1-23(2,20(25)34)21(35)27-10-4-9-26-18-15(24)12-28-22(31-18)30-14-6-3-5-13(11-14)29-19(33)16-7-8-17(32)36-16/h3,5-6,13-14H,4,7-12H2,1-2H3,(H2,27,38)(H,29,39)(H,31,35)(H2,28,30,32,33);3*3,5-6,11-12,16H,4,7-10H2,1-2H3,(H2,25,34)(H,27,35)(H,29,33)(H2,26,28,30,31)/t;3*16-/m.110/s1. The van der Waals surface area contributed by atoms with Gasteiger partial charge in [0.2, 0.25) is 88.8 Å². The molecule has 4 aliphatic rings. The van der Waals surface area contributed by atoms with Gasteiger partial charge in [0, 0.05) is 187 Å². The topological polar surface area (TPSA) is 721 Å². The molecule has 14 amide bonds. The normalized spacial score (nSPS) is 14.5. The highest BCUT2D eigenvalue weighted by Crippen LogP contribution is 2.32. The molecule has 147 heavy (non-hydrogen) atoms. The SMILES string of the molecule is CC(C)(C(N)=O)C(=O)NCCCNc1nc(Nc2cccc(NC(=O)CCC(=O)N3CCC3=O)c2)ncc1Br.CC(C)(C(N)=O)C(=O)NCCCNc1nc(Nc2cccc(NC(=O)[C@@H]3CCC(=O)O3)c2)ncc1Br.CC(C)(C(N)=O)C(=O)NCCCNc1nc(Nc2cccc(NC(=O)[C@H]3CCC(=O)O3)c2)ncc1Br.CC(C)(C(N)=O)C(=O)NCCCNc1nc(Nc2cccc(NC(=O)[C@H]3CCC(=O)O3)c2)ncc1Br. The van der Waals surface area contributed by atoms with Crippen LogP contribution in [0.2, 0.25) is 0 Å². The van der Waals surface area contributed by atoms with E-state index in [1.54, 1.807) is 122 Å². The molecule has 4 aliphatic heterocycles. The molecule has 8 heterocycles. The highest BCUT2D eigenvalue weighted by molar-refractivity contribution is 9.11. The van der Waals surface area contributed by atoms with Crippen molar-refractivity contribution in [2.24, 2.45) is 44.6 Å². The first-order valence-corrected chi connectivity index (χ1v) is 49.3. The number of β-lactam (4-membered cyclic amide) rings is 1. The van der Waals surface area contributed by atoms with Crippen molar-refractivity contribution in [2.75, 3.05) is 123 Å². The number of ether oxygens (including phenoxy) is 3. The summed E-state index contributed by atoms with van der Waals surface area (Å²) < 4.78 is 17.6. The minimum absolute atomic E-state index is 0.0301. The van der Waals surface area contributed by atoms with E-state index in [2.05, 4.69) is 189 Å². The fraction of sp³-hybridized carbons (Fsp3) is 0.394. The first-order valence-electron chi connectivity index (χ1n) is 46.2. The van der Waals surface area contributed by atoms with Crippen molar-refractivity contribution in [3.63, 3.8) is 0 Å². The van der Waals surface area contributed by atoms with Crippen LogP contribution in [-0.4, -0.2) is 223 Å². The molecular formula is C94H115Br4N29O20. The third kappa shape index (κ3) is 35.9. The number of primary amides is 4. The highest BCUT2D eigenvalue weighted by atomic mass is 79.9. The van der Waals surface area contributed by atoms with Gasteiger partial charge in [-0.1, -0.05) is 24.3 Å². The molecule has 8 aromatic rings. The largest absolute Gasteiger partial charge is 0.452 e. The van der Waals surface area contributed by atoms with Crippen molar-refractivity contribution in [2.45, 2.75) is 157 Å². The lowest BCUT2D eigenvalue weighted by molar-refractivity contribution is -0.153. The van der Waals surface area contributed by atoms with E-state index in [0.29, 0.717) is 221 Å². The molecule has 4 aromatic carbocycles. The van der Waals surface area contributed by atoms with Gasteiger partial charge in [0.1, 0.15) is 44.9 Å². The van der Waals surface area contributed by atoms with Crippen LogP contribution < -0.4 is 108 Å². The monoisotopic (exact) mass is 2290 g/mol. The number of halogens is 4. The zero-order valence-electron chi connectivity index (χ0n) is 81.3. The van der Waals surface area contributed by atoms with Crippen LogP contribution in [0.5, 0.6) is 0 Å². The summed E-state index contributed by atoms with van der Waals surface area (Å²) in [6, 6.07) is 27.9. The molecule has 4 fully saturated rings. The van der Waals surface area contributed by atoms with Gasteiger partial charge in [-0.3, -0.25) is 86.4 Å². The fourth-order valence-corrected chi connectivity index (χ4v) is 14.0. The third-order valence-corrected chi connectivity index (χ3v) is 24.6. The van der Waals surface area contributed by atoms with Gasteiger partial charge in [0.05, 0.1) is 17.9 Å². The number of cyclic esters (lactones) is 3. The van der Waals surface area contributed by atoms with E-state index in [1.807, 2.05) is 0 Å². The Labute approximate surface area is 877 Å². The Morgan fingerprint density at radius 3 is 0.810 bits per heavy atom. The molecule has 0 unspecified atom stereocenters. The van der Waals surface area contributed by atoms with E-state index in [1.165, 1.54) is 55.4 Å². The number of nitrogens with zero attached hydrogens (tertiary/aromatic N) is 9. The van der Waals surface area contributed by atoms with Gasteiger partial charge in [-0.25, -0.2) is 19.9 Å². The highest BCUT2D eigenvalue weighted by Gasteiger charge is 2.39. The Morgan fingerprint density at radius 1 is 0.347 bits per heavy atom. The van der Waals surface area contributed by atoms with E-state index in [4.69, 9.17) is 37.1 Å². The van der Waals surface area contributed by atoms with Gasteiger partial charge in [-0.05, 0) is 218 Å². The average Bonchev–Trinajstić information content (AvgIpc) is 1.59. The van der Waals surface area contributed by atoms with E-state index in [0.717, 1.165) is 4.90 Å². The molecule has 3 atom stereocenters. The summed E-state index contributed by atoms with van der Waals surface area (Å²) in [5.41, 5.74) is 20.6. The number of nitrogens with two attached hydrogens (primary N) is 4. The molecule has 49 nitrogen and oxygen atoms in total. The Hall–Kier alpha value is -15.3. The summed E-state index contributed by atoms with van der Waals surface area (Å²) in [7, 11) is 0. The molecular weight excluding hydrogens is 2170 g/mol. The molecule has 24 N–H and O–H groups in total. The van der Waals surface area contributed by atoms with Crippen molar-refractivity contribution >= 4 is 257 Å². The molecule has 0 spiro atoms. The fourth-order valence-electron chi connectivity index (χ4n) is 12.7. The molecule has 4 aromatic heterocycles. The first kappa shape index (κ1) is 115. The van der Waals surface area contributed by atoms with Crippen LogP contribution in [0.4, 0.5) is 92.6 Å². The number of imide groups is 1. The van der Waals surface area contributed by atoms with Gasteiger partial charge >= 0.3 is 17.9 Å². The lowest BCUT2D eigenvalue weighted by atomic mass is 9.91. The molecule has 12 rings (SSSR count). The van der Waals surface area contributed by atoms with Crippen molar-refractivity contribution < 1.29 is 95.7 Å².